The molecule has 0 heterocycles. The van der Waals surface area contributed by atoms with Crippen LogP contribution >= 0.6 is 0 Å². The topological polar surface area (TPSA) is 61.4 Å². The summed E-state index contributed by atoms with van der Waals surface area (Å²) in [5, 5.41) is 14.7. The number of benzene rings is 1. The number of hydrogen-bond acceptors (Lipinski definition) is 2. The second kappa shape index (κ2) is 7.29. The van der Waals surface area contributed by atoms with Gasteiger partial charge in [-0.25, -0.2) is 4.79 Å². The molecule has 1 aliphatic carbocycles. The second-order valence-corrected chi connectivity index (χ2v) is 5.52. The van der Waals surface area contributed by atoms with Gasteiger partial charge >= 0.3 is 6.03 Å². The lowest BCUT2D eigenvalue weighted by atomic mass is 9.90. The van der Waals surface area contributed by atoms with Gasteiger partial charge in [0.05, 0.1) is 0 Å². The number of fused-ring (bicyclic) bond motifs is 1. The molecule has 0 aliphatic heterocycles. The van der Waals surface area contributed by atoms with Crippen molar-refractivity contribution < 1.29 is 9.90 Å². The average molecular weight is 276 g/mol. The summed E-state index contributed by atoms with van der Waals surface area (Å²) < 4.78 is 0. The molecule has 0 saturated carbocycles. The SMILES string of the molecule is CC(CCCO)NC(=O)Nc1cccc2c1CCCC2. The maximum Gasteiger partial charge on any atom is 0.319 e. The Morgan fingerprint density at radius 2 is 2.15 bits per heavy atom. The third-order valence-corrected chi connectivity index (χ3v) is 3.82. The third kappa shape index (κ3) is 3.97. The molecule has 0 fully saturated rings. The number of carbonyl (C=O) groups excluding carboxylic acids is 1. The fourth-order valence-electron chi connectivity index (χ4n) is 2.75. The van der Waals surface area contributed by atoms with Crippen LogP contribution in [0.25, 0.3) is 0 Å². The highest BCUT2D eigenvalue weighted by atomic mass is 16.3. The molecule has 0 bridgehead atoms. The van der Waals surface area contributed by atoms with Gasteiger partial charge < -0.3 is 15.7 Å². The molecule has 20 heavy (non-hydrogen) atoms. The summed E-state index contributed by atoms with van der Waals surface area (Å²) in [4.78, 5) is 12.0. The lowest BCUT2D eigenvalue weighted by molar-refractivity contribution is 0.245. The number of aliphatic hydroxyl groups is 1. The van der Waals surface area contributed by atoms with Crippen molar-refractivity contribution in [1.29, 1.82) is 0 Å². The molecule has 1 aliphatic rings. The van der Waals surface area contributed by atoms with E-state index in [1.54, 1.807) is 0 Å². The molecule has 1 unspecified atom stereocenters. The van der Waals surface area contributed by atoms with Gasteiger partial charge in [-0.05, 0) is 62.6 Å². The van der Waals surface area contributed by atoms with E-state index in [-0.39, 0.29) is 18.7 Å². The lowest BCUT2D eigenvalue weighted by Crippen LogP contribution is -2.36. The smallest absolute Gasteiger partial charge is 0.319 e. The van der Waals surface area contributed by atoms with Crippen LogP contribution in [-0.4, -0.2) is 23.8 Å². The second-order valence-electron chi connectivity index (χ2n) is 5.52. The van der Waals surface area contributed by atoms with Gasteiger partial charge in [0.15, 0.2) is 0 Å². The standard InChI is InChI=1S/C16H24N2O2/c1-12(6-5-11-19)17-16(20)18-15-10-4-8-13-7-2-3-9-14(13)15/h4,8,10,12,19H,2-3,5-7,9,11H2,1H3,(H2,17,18,20). The van der Waals surface area contributed by atoms with Crippen LogP contribution in [0.5, 0.6) is 0 Å². The van der Waals surface area contributed by atoms with E-state index in [4.69, 9.17) is 5.11 Å². The monoisotopic (exact) mass is 276 g/mol. The molecular weight excluding hydrogens is 252 g/mol. The van der Waals surface area contributed by atoms with Gasteiger partial charge in [-0.1, -0.05) is 12.1 Å². The van der Waals surface area contributed by atoms with Crippen molar-refractivity contribution in [3.05, 3.63) is 29.3 Å². The predicted octanol–water partition coefficient (Wildman–Crippen LogP) is 2.85. The van der Waals surface area contributed by atoms with Gasteiger partial charge in [0.1, 0.15) is 0 Å². The van der Waals surface area contributed by atoms with E-state index in [1.165, 1.54) is 24.0 Å². The predicted molar refractivity (Wildman–Crippen MR) is 81.0 cm³/mol. The third-order valence-electron chi connectivity index (χ3n) is 3.82. The highest BCUT2D eigenvalue weighted by Gasteiger charge is 2.15. The molecule has 3 N–H and O–H groups in total. The molecule has 2 amide bonds. The molecular formula is C16H24N2O2. The summed E-state index contributed by atoms with van der Waals surface area (Å²) in [7, 11) is 0. The normalized spacial score (nSPS) is 15.3. The summed E-state index contributed by atoms with van der Waals surface area (Å²) in [6, 6.07) is 6.05. The number of rotatable bonds is 5. The van der Waals surface area contributed by atoms with Crippen LogP contribution < -0.4 is 10.6 Å². The van der Waals surface area contributed by atoms with Gasteiger partial charge in [0, 0.05) is 18.3 Å². The first kappa shape index (κ1) is 14.9. The highest BCUT2D eigenvalue weighted by Crippen LogP contribution is 2.27. The van der Waals surface area contributed by atoms with Crippen molar-refractivity contribution in [3.8, 4) is 0 Å². The number of amides is 2. The molecule has 1 aromatic carbocycles. The van der Waals surface area contributed by atoms with Gasteiger partial charge in [-0.15, -0.1) is 0 Å². The van der Waals surface area contributed by atoms with E-state index >= 15 is 0 Å². The van der Waals surface area contributed by atoms with E-state index in [0.29, 0.717) is 6.42 Å². The van der Waals surface area contributed by atoms with Crippen molar-refractivity contribution in [2.45, 2.75) is 51.5 Å². The minimum Gasteiger partial charge on any atom is -0.396 e. The molecule has 110 valence electrons. The summed E-state index contributed by atoms with van der Waals surface area (Å²) in [5.74, 6) is 0. The molecule has 4 heteroatoms. The largest absolute Gasteiger partial charge is 0.396 e. The van der Waals surface area contributed by atoms with E-state index < -0.39 is 0 Å². The van der Waals surface area contributed by atoms with Crippen LogP contribution in [0.1, 0.15) is 43.7 Å². The summed E-state index contributed by atoms with van der Waals surface area (Å²) in [6.45, 7) is 2.12. The van der Waals surface area contributed by atoms with Crippen molar-refractivity contribution in [2.24, 2.45) is 0 Å². The van der Waals surface area contributed by atoms with E-state index in [9.17, 15) is 4.79 Å². The Morgan fingerprint density at radius 3 is 2.95 bits per heavy atom. The minimum atomic E-state index is -0.158. The Kier molecular flexibility index (Phi) is 5.41. The Labute approximate surface area is 120 Å². The molecule has 0 saturated heterocycles. The van der Waals surface area contributed by atoms with Crippen molar-refractivity contribution in [2.75, 3.05) is 11.9 Å². The molecule has 0 aromatic heterocycles. The van der Waals surface area contributed by atoms with Crippen molar-refractivity contribution >= 4 is 11.7 Å². The number of aryl methyl sites for hydroxylation is 1. The quantitative estimate of drug-likeness (QED) is 0.774. The molecule has 0 radical (unpaired) electrons. The zero-order chi connectivity index (χ0) is 14.4. The first-order valence-corrected chi connectivity index (χ1v) is 7.50. The van der Waals surface area contributed by atoms with Crippen LogP contribution in [0.15, 0.2) is 18.2 Å². The number of nitrogens with one attached hydrogen (secondary N) is 2. The number of aliphatic hydroxyl groups excluding tert-OH is 1. The van der Waals surface area contributed by atoms with Crippen LogP contribution in [0.2, 0.25) is 0 Å². The molecule has 4 nitrogen and oxygen atoms in total. The first-order chi connectivity index (χ1) is 9.70. The van der Waals surface area contributed by atoms with Gasteiger partial charge in [-0.2, -0.15) is 0 Å². The van der Waals surface area contributed by atoms with Gasteiger partial charge in [0.2, 0.25) is 0 Å². The van der Waals surface area contributed by atoms with E-state index in [1.807, 2.05) is 19.1 Å². The summed E-state index contributed by atoms with van der Waals surface area (Å²) in [5.41, 5.74) is 3.59. The highest BCUT2D eigenvalue weighted by molar-refractivity contribution is 5.90. The summed E-state index contributed by atoms with van der Waals surface area (Å²) >= 11 is 0. The summed E-state index contributed by atoms with van der Waals surface area (Å²) in [6.07, 6.45) is 6.09. The van der Waals surface area contributed by atoms with Crippen LogP contribution in [0, 0.1) is 0 Å². The van der Waals surface area contributed by atoms with E-state index in [2.05, 4.69) is 16.7 Å². The van der Waals surface area contributed by atoms with Crippen molar-refractivity contribution in [3.63, 3.8) is 0 Å². The lowest BCUT2D eigenvalue weighted by Gasteiger charge is -2.20. The Morgan fingerprint density at radius 1 is 1.35 bits per heavy atom. The number of anilines is 1. The Bertz CT molecular complexity index is 460. The van der Waals surface area contributed by atoms with Gasteiger partial charge in [-0.3, -0.25) is 0 Å². The molecule has 1 atom stereocenters. The Balaban J connectivity index is 1.94. The number of urea groups is 1. The number of hydrogen-bond donors (Lipinski definition) is 3. The first-order valence-electron chi connectivity index (χ1n) is 7.50. The molecule has 1 aromatic rings. The fraction of sp³-hybridized carbons (Fsp3) is 0.562. The van der Waals surface area contributed by atoms with Gasteiger partial charge in [0.25, 0.3) is 0 Å². The van der Waals surface area contributed by atoms with E-state index in [0.717, 1.165) is 24.9 Å². The minimum absolute atomic E-state index is 0.0710. The fourth-order valence-corrected chi connectivity index (χ4v) is 2.75. The van der Waals surface area contributed by atoms with Crippen LogP contribution in [0.3, 0.4) is 0 Å². The van der Waals surface area contributed by atoms with Crippen molar-refractivity contribution in [1.82, 2.24) is 5.32 Å². The molecule has 2 rings (SSSR count). The maximum absolute atomic E-state index is 12.0. The number of carbonyl (C=O) groups is 1. The zero-order valence-electron chi connectivity index (χ0n) is 12.1. The van der Waals surface area contributed by atoms with Crippen LogP contribution in [0.4, 0.5) is 10.5 Å². The zero-order valence-corrected chi connectivity index (χ0v) is 12.1. The maximum atomic E-state index is 12.0. The Hall–Kier alpha value is -1.55. The average Bonchev–Trinajstić information content (AvgIpc) is 2.45. The molecule has 0 spiro atoms. The van der Waals surface area contributed by atoms with Crippen LogP contribution in [-0.2, 0) is 12.8 Å².